The van der Waals surface area contributed by atoms with Crippen LogP contribution in [0.2, 0.25) is 0 Å². The van der Waals surface area contributed by atoms with E-state index in [0.717, 1.165) is 43.3 Å². The summed E-state index contributed by atoms with van der Waals surface area (Å²) < 4.78 is 0. The number of para-hydroxylation sites is 1. The molecule has 2 amide bonds. The van der Waals surface area contributed by atoms with Crippen molar-refractivity contribution in [1.29, 1.82) is 0 Å². The summed E-state index contributed by atoms with van der Waals surface area (Å²) in [6.07, 6.45) is 4.64. The van der Waals surface area contributed by atoms with Gasteiger partial charge in [-0.15, -0.1) is 0 Å². The van der Waals surface area contributed by atoms with Crippen LogP contribution in [0.15, 0.2) is 24.3 Å². The van der Waals surface area contributed by atoms with Gasteiger partial charge in [0.2, 0.25) is 0 Å². The number of hydrogen-bond donors (Lipinski definition) is 4. The topological polar surface area (TPSA) is 77.2 Å². The van der Waals surface area contributed by atoms with Gasteiger partial charge in [0, 0.05) is 23.1 Å². The summed E-state index contributed by atoms with van der Waals surface area (Å²) in [7, 11) is 0. The fourth-order valence-corrected chi connectivity index (χ4v) is 3.62. The molecule has 1 aliphatic carbocycles. The minimum absolute atomic E-state index is 0.0158. The lowest BCUT2D eigenvalue weighted by molar-refractivity contribution is 0.163. The number of hydrogen-bond acceptors (Lipinski definition) is 2. The second-order valence-corrected chi connectivity index (χ2v) is 6.55. The van der Waals surface area contributed by atoms with Crippen molar-refractivity contribution in [3.05, 3.63) is 35.5 Å². The zero-order valence-corrected chi connectivity index (χ0v) is 13.6. The molecule has 2 aromatic rings. The maximum Gasteiger partial charge on any atom is 0.315 e. The number of nitrogens with one attached hydrogen (secondary N) is 3. The van der Waals surface area contributed by atoms with Crippen molar-refractivity contribution in [3.8, 4) is 0 Å². The Balaban J connectivity index is 1.56. The molecule has 5 heteroatoms. The molecule has 0 spiro atoms. The number of aliphatic hydroxyl groups excluding tert-OH is 1. The lowest BCUT2D eigenvalue weighted by atomic mass is 9.99. The summed E-state index contributed by atoms with van der Waals surface area (Å²) in [5.74, 6) is 0. The Bertz CT molecular complexity index is 687. The molecule has 1 saturated carbocycles. The Morgan fingerprint density at radius 2 is 2.04 bits per heavy atom. The van der Waals surface area contributed by atoms with E-state index in [1.54, 1.807) is 0 Å². The molecule has 0 atom stereocenters. The van der Waals surface area contributed by atoms with Crippen molar-refractivity contribution in [3.63, 3.8) is 0 Å². The summed E-state index contributed by atoms with van der Waals surface area (Å²) in [6.45, 7) is 2.66. The van der Waals surface area contributed by atoms with Crippen LogP contribution in [0.3, 0.4) is 0 Å². The Morgan fingerprint density at radius 3 is 2.78 bits per heavy atom. The maximum absolute atomic E-state index is 12.1. The molecule has 1 fully saturated rings. The number of amides is 2. The number of aromatic amines is 1. The van der Waals surface area contributed by atoms with Gasteiger partial charge in [-0.25, -0.2) is 4.79 Å². The quantitative estimate of drug-likeness (QED) is 0.684. The minimum Gasteiger partial charge on any atom is -0.394 e. The van der Waals surface area contributed by atoms with E-state index in [2.05, 4.69) is 34.7 Å². The molecule has 1 heterocycles. The zero-order chi connectivity index (χ0) is 16.3. The molecule has 4 N–H and O–H groups in total. The number of carbonyl (C=O) groups excluding carboxylic acids is 1. The van der Waals surface area contributed by atoms with Gasteiger partial charge in [-0.3, -0.25) is 0 Å². The van der Waals surface area contributed by atoms with Crippen molar-refractivity contribution in [2.45, 2.75) is 44.6 Å². The third-order valence-corrected chi connectivity index (χ3v) is 4.93. The summed E-state index contributed by atoms with van der Waals surface area (Å²) in [6, 6.07) is 8.04. The van der Waals surface area contributed by atoms with Gasteiger partial charge in [0.25, 0.3) is 0 Å². The zero-order valence-electron chi connectivity index (χ0n) is 13.6. The number of rotatable bonds is 5. The highest BCUT2D eigenvalue weighted by Gasteiger charge is 2.34. The van der Waals surface area contributed by atoms with Crippen molar-refractivity contribution in [1.82, 2.24) is 15.6 Å². The number of H-pyrrole nitrogens is 1. The van der Waals surface area contributed by atoms with Crippen LogP contribution in [-0.4, -0.2) is 34.8 Å². The first-order valence-corrected chi connectivity index (χ1v) is 8.37. The highest BCUT2D eigenvalue weighted by atomic mass is 16.3. The predicted octanol–water partition coefficient (Wildman–Crippen LogP) is 2.62. The summed E-state index contributed by atoms with van der Waals surface area (Å²) in [5, 5.41) is 16.7. The number of aromatic nitrogens is 1. The summed E-state index contributed by atoms with van der Waals surface area (Å²) in [4.78, 5) is 15.5. The van der Waals surface area contributed by atoms with Gasteiger partial charge in [-0.05, 0) is 37.8 Å². The molecule has 0 bridgehead atoms. The fourth-order valence-electron chi connectivity index (χ4n) is 3.62. The number of fused-ring (bicyclic) bond motifs is 1. The van der Waals surface area contributed by atoms with E-state index in [9.17, 15) is 9.90 Å². The standard InChI is InChI=1S/C18H25N3O2/c1-13-14(15-6-2-3-7-16(15)20-13)8-11-19-17(23)21-18(12-22)9-4-5-10-18/h2-3,6-7,20,22H,4-5,8-12H2,1H3,(H2,19,21,23). The van der Waals surface area contributed by atoms with E-state index in [1.807, 2.05) is 12.1 Å². The van der Waals surface area contributed by atoms with E-state index in [1.165, 1.54) is 10.9 Å². The molecule has 0 radical (unpaired) electrons. The summed E-state index contributed by atoms with van der Waals surface area (Å²) in [5.41, 5.74) is 3.12. The molecule has 0 aliphatic heterocycles. The Kier molecular flexibility index (Phi) is 4.57. The Morgan fingerprint density at radius 1 is 1.30 bits per heavy atom. The molecule has 124 valence electrons. The molecule has 23 heavy (non-hydrogen) atoms. The first-order chi connectivity index (χ1) is 11.1. The van der Waals surface area contributed by atoms with Gasteiger partial charge in [0.05, 0.1) is 12.1 Å². The lowest BCUT2D eigenvalue weighted by Crippen LogP contribution is -2.53. The molecule has 0 unspecified atom stereocenters. The lowest BCUT2D eigenvalue weighted by Gasteiger charge is -2.28. The van der Waals surface area contributed by atoms with Gasteiger partial charge in [-0.1, -0.05) is 31.0 Å². The highest BCUT2D eigenvalue weighted by molar-refractivity contribution is 5.84. The molecule has 5 nitrogen and oxygen atoms in total. The smallest absolute Gasteiger partial charge is 0.315 e. The van der Waals surface area contributed by atoms with Gasteiger partial charge in [0.15, 0.2) is 0 Å². The van der Waals surface area contributed by atoms with Crippen LogP contribution in [0.5, 0.6) is 0 Å². The van der Waals surface area contributed by atoms with Gasteiger partial charge in [0.1, 0.15) is 0 Å². The first kappa shape index (κ1) is 15.9. The third kappa shape index (κ3) is 3.34. The normalized spacial score (nSPS) is 16.6. The number of aliphatic hydroxyl groups is 1. The van der Waals surface area contributed by atoms with Crippen LogP contribution in [0.25, 0.3) is 10.9 Å². The monoisotopic (exact) mass is 315 g/mol. The van der Waals surface area contributed by atoms with E-state index in [4.69, 9.17) is 0 Å². The second kappa shape index (κ2) is 6.62. The predicted molar refractivity (Wildman–Crippen MR) is 91.6 cm³/mol. The van der Waals surface area contributed by atoms with Crippen LogP contribution in [0.1, 0.15) is 36.9 Å². The van der Waals surface area contributed by atoms with Crippen LogP contribution in [0.4, 0.5) is 4.79 Å². The molecular formula is C18H25N3O2. The van der Waals surface area contributed by atoms with Crippen molar-refractivity contribution < 1.29 is 9.90 Å². The fraction of sp³-hybridized carbons (Fsp3) is 0.500. The van der Waals surface area contributed by atoms with E-state index in [0.29, 0.717) is 6.54 Å². The SMILES string of the molecule is Cc1[nH]c2ccccc2c1CCNC(=O)NC1(CO)CCCC1. The molecule has 1 aromatic heterocycles. The van der Waals surface area contributed by atoms with Crippen molar-refractivity contribution >= 4 is 16.9 Å². The number of carbonyl (C=O) groups is 1. The van der Waals surface area contributed by atoms with Crippen LogP contribution >= 0.6 is 0 Å². The average molecular weight is 315 g/mol. The van der Waals surface area contributed by atoms with Crippen LogP contribution in [-0.2, 0) is 6.42 Å². The number of benzene rings is 1. The van der Waals surface area contributed by atoms with Gasteiger partial charge in [-0.2, -0.15) is 0 Å². The Hall–Kier alpha value is -2.01. The third-order valence-electron chi connectivity index (χ3n) is 4.93. The van der Waals surface area contributed by atoms with E-state index in [-0.39, 0.29) is 12.6 Å². The highest BCUT2D eigenvalue weighted by Crippen LogP contribution is 2.29. The largest absolute Gasteiger partial charge is 0.394 e. The van der Waals surface area contributed by atoms with E-state index < -0.39 is 5.54 Å². The average Bonchev–Trinajstić information content (AvgIpc) is 3.13. The second-order valence-electron chi connectivity index (χ2n) is 6.55. The maximum atomic E-state index is 12.1. The van der Waals surface area contributed by atoms with Crippen molar-refractivity contribution in [2.24, 2.45) is 0 Å². The molecule has 3 rings (SSSR count). The number of aryl methyl sites for hydroxylation is 1. The molecular weight excluding hydrogens is 290 g/mol. The van der Waals surface area contributed by atoms with Crippen LogP contribution < -0.4 is 10.6 Å². The van der Waals surface area contributed by atoms with Crippen LogP contribution in [0, 0.1) is 6.92 Å². The minimum atomic E-state index is -0.416. The van der Waals surface area contributed by atoms with Gasteiger partial charge >= 0.3 is 6.03 Å². The molecule has 1 aliphatic rings. The van der Waals surface area contributed by atoms with E-state index >= 15 is 0 Å². The summed E-state index contributed by atoms with van der Waals surface area (Å²) >= 11 is 0. The van der Waals surface area contributed by atoms with Gasteiger partial charge < -0.3 is 20.7 Å². The number of urea groups is 1. The Labute approximate surface area is 136 Å². The molecule has 0 saturated heterocycles. The molecule has 1 aromatic carbocycles. The first-order valence-electron chi connectivity index (χ1n) is 8.37. The van der Waals surface area contributed by atoms with Crippen molar-refractivity contribution in [2.75, 3.05) is 13.2 Å².